The molecular weight excluding hydrogens is 384 g/mol. The minimum Gasteiger partial charge on any atom is -0.342 e. The maximum atomic E-state index is 12.7. The molecule has 4 rings (SSSR count). The van der Waals surface area contributed by atoms with Crippen LogP contribution in [0.5, 0.6) is 0 Å². The van der Waals surface area contributed by atoms with Gasteiger partial charge in [-0.2, -0.15) is 5.10 Å². The summed E-state index contributed by atoms with van der Waals surface area (Å²) in [5.41, 5.74) is 4.53. The summed E-state index contributed by atoms with van der Waals surface area (Å²) in [4.78, 5) is 18.8. The van der Waals surface area contributed by atoms with Crippen LogP contribution in [-0.4, -0.2) is 39.6 Å². The van der Waals surface area contributed by atoms with Gasteiger partial charge in [0.2, 0.25) is 0 Å². The van der Waals surface area contributed by atoms with E-state index in [1.54, 1.807) is 17.0 Å². The van der Waals surface area contributed by atoms with Crippen LogP contribution >= 0.6 is 11.6 Å². The molecule has 1 amide bonds. The first kappa shape index (κ1) is 19.2. The number of halogens is 1. The minimum absolute atomic E-state index is 0.00330. The van der Waals surface area contributed by atoms with Crippen molar-refractivity contribution in [2.75, 3.05) is 13.6 Å². The van der Waals surface area contributed by atoms with Gasteiger partial charge in [0, 0.05) is 35.8 Å². The van der Waals surface area contributed by atoms with Crippen LogP contribution in [0.25, 0.3) is 22.2 Å². The van der Waals surface area contributed by atoms with Crippen molar-refractivity contribution in [1.82, 2.24) is 20.1 Å². The van der Waals surface area contributed by atoms with E-state index in [-0.39, 0.29) is 5.91 Å². The van der Waals surface area contributed by atoms with E-state index in [4.69, 9.17) is 11.6 Å². The van der Waals surface area contributed by atoms with Crippen LogP contribution < -0.4 is 0 Å². The lowest BCUT2D eigenvalue weighted by Crippen LogP contribution is -2.28. The van der Waals surface area contributed by atoms with Crippen LogP contribution in [0.4, 0.5) is 0 Å². The van der Waals surface area contributed by atoms with Crippen molar-refractivity contribution in [1.29, 1.82) is 0 Å². The maximum Gasteiger partial charge on any atom is 0.253 e. The third-order valence-corrected chi connectivity index (χ3v) is 5.10. The molecule has 0 radical (unpaired) electrons. The fourth-order valence-electron chi connectivity index (χ4n) is 3.31. The van der Waals surface area contributed by atoms with E-state index in [9.17, 15) is 4.79 Å². The van der Waals surface area contributed by atoms with Crippen molar-refractivity contribution < 1.29 is 4.79 Å². The maximum absolute atomic E-state index is 12.7. The van der Waals surface area contributed by atoms with Gasteiger partial charge in [0.05, 0.1) is 11.2 Å². The third-order valence-electron chi connectivity index (χ3n) is 4.89. The van der Waals surface area contributed by atoms with Gasteiger partial charge in [-0.1, -0.05) is 41.9 Å². The molecule has 0 aliphatic rings. The number of H-pyrrole nitrogens is 1. The zero-order chi connectivity index (χ0) is 20.2. The number of aromatic amines is 1. The first-order chi connectivity index (χ1) is 14.1. The number of rotatable bonds is 6. The fraction of sp³-hybridized carbons (Fsp3) is 0.174. The van der Waals surface area contributed by atoms with Gasteiger partial charge in [0.15, 0.2) is 0 Å². The number of nitrogens with zero attached hydrogens (tertiary/aromatic N) is 3. The Labute approximate surface area is 174 Å². The summed E-state index contributed by atoms with van der Waals surface area (Å²) in [5, 5.41) is 8.82. The molecule has 29 heavy (non-hydrogen) atoms. The minimum atomic E-state index is -0.00330. The zero-order valence-electron chi connectivity index (χ0n) is 16.1. The average molecular weight is 405 g/mol. The Morgan fingerprint density at radius 3 is 2.72 bits per heavy atom. The summed E-state index contributed by atoms with van der Waals surface area (Å²) < 4.78 is 0. The fourth-order valence-corrected chi connectivity index (χ4v) is 3.46. The van der Waals surface area contributed by atoms with Gasteiger partial charge in [-0.25, -0.2) is 4.98 Å². The van der Waals surface area contributed by atoms with Gasteiger partial charge in [0.1, 0.15) is 5.15 Å². The summed E-state index contributed by atoms with van der Waals surface area (Å²) >= 11 is 5.92. The van der Waals surface area contributed by atoms with Crippen molar-refractivity contribution in [2.24, 2.45) is 0 Å². The van der Waals surface area contributed by atoms with E-state index in [1.807, 2.05) is 55.6 Å². The molecular formula is C23H21ClN4O. The SMILES string of the molecule is CN(CCCc1cc(-c2ccccc2)n[nH]1)C(=O)c1ccc2nc(Cl)ccc2c1. The van der Waals surface area contributed by atoms with Crippen LogP contribution in [0.15, 0.2) is 66.7 Å². The third kappa shape index (κ3) is 4.46. The Balaban J connectivity index is 1.35. The van der Waals surface area contributed by atoms with Crippen molar-refractivity contribution in [3.05, 3.63) is 83.1 Å². The van der Waals surface area contributed by atoms with Crippen molar-refractivity contribution in [3.8, 4) is 11.3 Å². The lowest BCUT2D eigenvalue weighted by Gasteiger charge is -2.17. The predicted octanol–water partition coefficient (Wildman–Crippen LogP) is 4.98. The normalized spacial score (nSPS) is 11.0. The largest absolute Gasteiger partial charge is 0.342 e. The Hall–Kier alpha value is -3.18. The second kappa shape index (κ2) is 8.45. The van der Waals surface area contributed by atoms with Gasteiger partial charge in [-0.05, 0) is 49.2 Å². The molecule has 6 heteroatoms. The highest BCUT2D eigenvalue weighted by Gasteiger charge is 2.13. The number of fused-ring (bicyclic) bond motifs is 1. The smallest absolute Gasteiger partial charge is 0.253 e. The number of hydrogen-bond acceptors (Lipinski definition) is 3. The molecule has 0 fully saturated rings. The molecule has 0 aliphatic heterocycles. The van der Waals surface area contributed by atoms with E-state index in [0.717, 1.165) is 40.7 Å². The van der Waals surface area contributed by atoms with Crippen LogP contribution in [-0.2, 0) is 6.42 Å². The van der Waals surface area contributed by atoms with Crippen LogP contribution in [0.3, 0.4) is 0 Å². The number of hydrogen-bond donors (Lipinski definition) is 1. The van der Waals surface area contributed by atoms with Gasteiger partial charge in [-0.3, -0.25) is 9.89 Å². The first-order valence-corrected chi connectivity index (χ1v) is 9.89. The second-order valence-corrected chi connectivity index (χ2v) is 7.40. The zero-order valence-corrected chi connectivity index (χ0v) is 16.9. The molecule has 0 spiro atoms. The number of carbonyl (C=O) groups excluding carboxylic acids is 1. The molecule has 1 N–H and O–H groups in total. The Morgan fingerprint density at radius 2 is 1.90 bits per heavy atom. The van der Waals surface area contributed by atoms with Gasteiger partial charge >= 0.3 is 0 Å². The highest BCUT2D eigenvalue weighted by Crippen LogP contribution is 2.19. The standard InChI is InChI=1S/C23H21ClN4O/c1-28(23(29)18-9-11-20-17(14-18)10-12-22(24)25-20)13-5-8-19-15-21(27-26-19)16-6-3-2-4-7-16/h2-4,6-7,9-12,14-15H,5,8,13H2,1H3,(H,26,27). The summed E-state index contributed by atoms with van der Waals surface area (Å²) in [6.07, 6.45) is 1.68. The van der Waals surface area contributed by atoms with Crippen LogP contribution in [0.2, 0.25) is 5.15 Å². The van der Waals surface area contributed by atoms with Crippen LogP contribution in [0, 0.1) is 0 Å². The molecule has 0 saturated carbocycles. The summed E-state index contributed by atoms with van der Waals surface area (Å²) in [5.74, 6) is -0.00330. The highest BCUT2D eigenvalue weighted by molar-refractivity contribution is 6.29. The van der Waals surface area contributed by atoms with E-state index in [0.29, 0.717) is 17.3 Å². The number of amides is 1. The molecule has 0 unspecified atom stereocenters. The topological polar surface area (TPSA) is 61.9 Å². The lowest BCUT2D eigenvalue weighted by molar-refractivity contribution is 0.0793. The molecule has 0 aliphatic carbocycles. The average Bonchev–Trinajstić information content (AvgIpc) is 3.22. The molecule has 0 bridgehead atoms. The van der Waals surface area contributed by atoms with Crippen molar-refractivity contribution in [3.63, 3.8) is 0 Å². The Morgan fingerprint density at radius 1 is 1.07 bits per heavy atom. The lowest BCUT2D eigenvalue weighted by atomic mass is 10.1. The van der Waals surface area contributed by atoms with Crippen LogP contribution in [0.1, 0.15) is 22.5 Å². The number of benzene rings is 2. The van der Waals surface area contributed by atoms with Gasteiger partial charge < -0.3 is 4.90 Å². The van der Waals surface area contributed by atoms with Gasteiger partial charge in [0.25, 0.3) is 5.91 Å². The van der Waals surface area contributed by atoms with Gasteiger partial charge in [-0.15, -0.1) is 0 Å². The second-order valence-electron chi connectivity index (χ2n) is 7.02. The molecule has 146 valence electrons. The highest BCUT2D eigenvalue weighted by atomic mass is 35.5. The van der Waals surface area contributed by atoms with E-state index < -0.39 is 0 Å². The molecule has 4 aromatic rings. The number of aromatic nitrogens is 3. The number of pyridine rings is 1. The summed E-state index contributed by atoms with van der Waals surface area (Å²) in [7, 11) is 1.83. The molecule has 2 heterocycles. The molecule has 0 atom stereocenters. The monoisotopic (exact) mass is 404 g/mol. The number of nitrogens with one attached hydrogen (secondary N) is 1. The van der Waals surface area contributed by atoms with Crippen molar-refractivity contribution >= 4 is 28.4 Å². The van der Waals surface area contributed by atoms with E-state index >= 15 is 0 Å². The summed E-state index contributed by atoms with van der Waals surface area (Å²) in [6.45, 7) is 0.662. The van der Waals surface area contributed by atoms with Crippen molar-refractivity contribution in [2.45, 2.75) is 12.8 Å². The van der Waals surface area contributed by atoms with E-state index in [1.165, 1.54) is 0 Å². The summed E-state index contributed by atoms with van der Waals surface area (Å²) in [6, 6.07) is 21.2. The first-order valence-electron chi connectivity index (χ1n) is 9.51. The number of carbonyl (C=O) groups is 1. The molecule has 2 aromatic heterocycles. The quantitative estimate of drug-likeness (QED) is 0.461. The molecule has 5 nitrogen and oxygen atoms in total. The Bertz CT molecular complexity index is 1140. The van der Waals surface area contributed by atoms with E-state index in [2.05, 4.69) is 21.2 Å². The molecule has 0 saturated heterocycles. The predicted molar refractivity (Wildman–Crippen MR) is 116 cm³/mol. The molecule has 2 aromatic carbocycles. The number of aryl methyl sites for hydroxylation is 1. The Kier molecular flexibility index (Phi) is 5.58.